The predicted octanol–water partition coefficient (Wildman–Crippen LogP) is 2.48. The van der Waals surface area contributed by atoms with Crippen molar-refractivity contribution in [3.05, 3.63) is 47.0 Å². The Bertz CT molecular complexity index is 510. The van der Waals surface area contributed by atoms with Crippen LogP contribution in [0.4, 0.5) is 4.39 Å². The van der Waals surface area contributed by atoms with E-state index in [2.05, 4.69) is 5.10 Å². The number of aromatic nitrogens is 2. The normalized spacial score (nSPS) is 10.3. The number of aldehydes is 1. The average molecular weight is 225 g/mol. The van der Waals surface area contributed by atoms with Crippen molar-refractivity contribution in [3.8, 4) is 5.69 Å². The lowest BCUT2D eigenvalue weighted by Crippen LogP contribution is -2.01. The van der Waals surface area contributed by atoms with Crippen LogP contribution in [0.2, 0.25) is 5.02 Å². The molecule has 0 aliphatic carbocycles. The Hall–Kier alpha value is -1.68. The Morgan fingerprint density at radius 1 is 1.47 bits per heavy atom. The number of hydrogen-bond acceptors (Lipinski definition) is 2. The standard InChI is InChI=1S/C10H6ClFN2O/c11-7-4-13-14(5-7)10-3-1-2-9(12)8(10)6-15/h1-6H. The second-order valence-corrected chi connectivity index (χ2v) is 3.33. The van der Waals surface area contributed by atoms with Gasteiger partial charge >= 0.3 is 0 Å². The van der Waals surface area contributed by atoms with Crippen LogP contribution in [0.3, 0.4) is 0 Å². The van der Waals surface area contributed by atoms with Crippen molar-refractivity contribution in [1.82, 2.24) is 9.78 Å². The summed E-state index contributed by atoms with van der Waals surface area (Å²) in [6.45, 7) is 0. The largest absolute Gasteiger partial charge is 0.298 e. The summed E-state index contributed by atoms with van der Waals surface area (Å²) in [5.74, 6) is -0.575. The smallest absolute Gasteiger partial charge is 0.155 e. The van der Waals surface area contributed by atoms with Gasteiger partial charge in [-0.25, -0.2) is 9.07 Å². The zero-order valence-electron chi connectivity index (χ0n) is 7.52. The molecular formula is C10H6ClFN2O. The van der Waals surface area contributed by atoms with Crippen molar-refractivity contribution >= 4 is 17.9 Å². The first-order chi connectivity index (χ1) is 7.22. The van der Waals surface area contributed by atoms with E-state index in [0.29, 0.717) is 17.0 Å². The summed E-state index contributed by atoms with van der Waals surface area (Å²) in [6.07, 6.45) is 3.38. The monoisotopic (exact) mass is 224 g/mol. The molecule has 1 aromatic carbocycles. The van der Waals surface area contributed by atoms with Crippen LogP contribution in [0, 0.1) is 5.82 Å². The summed E-state index contributed by atoms with van der Waals surface area (Å²) >= 11 is 5.68. The fourth-order valence-electron chi connectivity index (χ4n) is 1.27. The number of carbonyl (C=O) groups is 1. The maximum Gasteiger partial charge on any atom is 0.155 e. The third-order valence-corrected chi connectivity index (χ3v) is 2.14. The van der Waals surface area contributed by atoms with Crippen LogP contribution >= 0.6 is 11.6 Å². The first-order valence-electron chi connectivity index (χ1n) is 4.16. The lowest BCUT2D eigenvalue weighted by molar-refractivity contribution is 0.111. The highest BCUT2D eigenvalue weighted by molar-refractivity contribution is 6.30. The molecule has 0 radical (unpaired) electrons. The fraction of sp³-hybridized carbons (Fsp3) is 0. The molecule has 0 saturated heterocycles. The molecule has 0 fully saturated rings. The minimum Gasteiger partial charge on any atom is -0.298 e. The molecule has 2 aromatic rings. The fourth-order valence-corrected chi connectivity index (χ4v) is 1.41. The van der Waals surface area contributed by atoms with Crippen LogP contribution in [0.1, 0.15) is 10.4 Å². The van der Waals surface area contributed by atoms with Gasteiger partial charge in [-0.15, -0.1) is 0 Å². The van der Waals surface area contributed by atoms with E-state index >= 15 is 0 Å². The minimum atomic E-state index is -0.575. The van der Waals surface area contributed by atoms with Gasteiger partial charge in [-0.1, -0.05) is 17.7 Å². The van der Waals surface area contributed by atoms with E-state index in [4.69, 9.17) is 11.6 Å². The van der Waals surface area contributed by atoms with Crippen LogP contribution in [-0.2, 0) is 0 Å². The van der Waals surface area contributed by atoms with Gasteiger partial charge in [-0.05, 0) is 12.1 Å². The summed E-state index contributed by atoms with van der Waals surface area (Å²) in [6, 6.07) is 4.32. The molecule has 0 amide bonds. The van der Waals surface area contributed by atoms with Crippen LogP contribution in [0.25, 0.3) is 5.69 Å². The Balaban J connectivity index is 2.62. The number of nitrogens with zero attached hydrogens (tertiary/aromatic N) is 2. The third kappa shape index (κ3) is 1.76. The van der Waals surface area contributed by atoms with Gasteiger partial charge in [0.25, 0.3) is 0 Å². The molecule has 0 aliphatic rings. The first kappa shape index (κ1) is 9.86. The minimum absolute atomic E-state index is 0.0303. The van der Waals surface area contributed by atoms with Gasteiger partial charge in [0.1, 0.15) is 5.82 Å². The Morgan fingerprint density at radius 3 is 2.87 bits per heavy atom. The van der Waals surface area contributed by atoms with Crippen molar-refractivity contribution in [1.29, 1.82) is 0 Å². The summed E-state index contributed by atoms with van der Waals surface area (Å²) in [4.78, 5) is 10.7. The van der Waals surface area contributed by atoms with Crippen molar-refractivity contribution in [2.45, 2.75) is 0 Å². The number of hydrogen-bond donors (Lipinski definition) is 0. The van der Waals surface area contributed by atoms with Gasteiger partial charge in [0.05, 0.1) is 22.5 Å². The molecular weight excluding hydrogens is 219 g/mol. The highest BCUT2D eigenvalue weighted by atomic mass is 35.5. The van der Waals surface area contributed by atoms with Crippen LogP contribution in [0.15, 0.2) is 30.6 Å². The molecule has 0 unspecified atom stereocenters. The highest BCUT2D eigenvalue weighted by Crippen LogP contribution is 2.17. The topological polar surface area (TPSA) is 34.9 Å². The number of halogens is 2. The molecule has 1 heterocycles. The molecule has 3 nitrogen and oxygen atoms in total. The van der Waals surface area contributed by atoms with E-state index in [1.165, 1.54) is 29.2 Å². The van der Waals surface area contributed by atoms with E-state index in [0.717, 1.165) is 0 Å². The van der Waals surface area contributed by atoms with Crippen molar-refractivity contribution in [3.63, 3.8) is 0 Å². The average Bonchev–Trinajstić information content (AvgIpc) is 2.64. The SMILES string of the molecule is O=Cc1c(F)cccc1-n1cc(Cl)cn1. The molecule has 15 heavy (non-hydrogen) atoms. The van der Waals surface area contributed by atoms with E-state index in [-0.39, 0.29) is 5.56 Å². The maximum absolute atomic E-state index is 13.2. The predicted molar refractivity (Wildman–Crippen MR) is 53.9 cm³/mol. The van der Waals surface area contributed by atoms with Gasteiger partial charge in [-0.2, -0.15) is 5.10 Å². The van der Waals surface area contributed by atoms with Crippen LogP contribution < -0.4 is 0 Å². The Kier molecular flexibility index (Phi) is 2.51. The maximum atomic E-state index is 13.2. The molecule has 0 N–H and O–H groups in total. The van der Waals surface area contributed by atoms with E-state index in [1.54, 1.807) is 6.07 Å². The van der Waals surface area contributed by atoms with E-state index in [9.17, 15) is 9.18 Å². The number of benzene rings is 1. The lowest BCUT2D eigenvalue weighted by atomic mass is 10.2. The van der Waals surface area contributed by atoms with Crippen molar-refractivity contribution in [2.24, 2.45) is 0 Å². The molecule has 0 bridgehead atoms. The number of rotatable bonds is 2. The van der Waals surface area contributed by atoms with Gasteiger partial charge in [0.15, 0.2) is 6.29 Å². The van der Waals surface area contributed by atoms with Crippen molar-refractivity contribution in [2.75, 3.05) is 0 Å². The molecule has 0 aliphatic heterocycles. The Morgan fingerprint density at radius 2 is 2.27 bits per heavy atom. The van der Waals surface area contributed by atoms with Gasteiger partial charge in [0.2, 0.25) is 0 Å². The number of carbonyl (C=O) groups excluding carboxylic acids is 1. The zero-order chi connectivity index (χ0) is 10.8. The van der Waals surface area contributed by atoms with Crippen molar-refractivity contribution < 1.29 is 9.18 Å². The van der Waals surface area contributed by atoms with E-state index < -0.39 is 5.82 Å². The molecule has 1 aromatic heterocycles. The molecule has 5 heteroatoms. The third-order valence-electron chi connectivity index (χ3n) is 1.95. The van der Waals surface area contributed by atoms with Gasteiger partial charge in [0, 0.05) is 6.20 Å². The summed E-state index contributed by atoms with van der Waals surface area (Å²) < 4.78 is 14.6. The van der Waals surface area contributed by atoms with Crippen LogP contribution in [0.5, 0.6) is 0 Å². The summed E-state index contributed by atoms with van der Waals surface area (Å²) in [5.41, 5.74) is 0.342. The molecule has 0 saturated carbocycles. The lowest BCUT2D eigenvalue weighted by Gasteiger charge is -2.04. The molecule has 2 rings (SSSR count). The molecule has 0 spiro atoms. The molecule has 76 valence electrons. The highest BCUT2D eigenvalue weighted by Gasteiger charge is 2.09. The zero-order valence-corrected chi connectivity index (χ0v) is 8.28. The molecule has 0 atom stereocenters. The summed E-state index contributed by atoms with van der Waals surface area (Å²) in [7, 11) is 0. The van der Waals surface area contributed by atoms with E-state index in [1.807, 2.05) is 0 Å². The van der Waals surface area contributed by atoms with Crippen LogP contribution in [-0.4, -0.2) is 16.1 Å². The Labute approximate surface area is 90.1 Å². The second-order valence-electron chi connectivity index (χ2n) is 2.89. The van der Waals surface area contributed by atoms with Gasteiger partial charge in [-0.3, -0.25) is 4.79 Å². The first-order valence-corrected chi connectivity index (χ1v) is 4.54. The van der Waals surface area contributed by atoms with Gasteiger partial charge < -0.3 is 0 Å². The second kappa shape index (κ2) is 3.82. The quantitative estimate of drug-likeness (QED) is 0.735. The summed E-state index contributed by atoms with van der Waals surface area (Å²) in [5, 5.41) is 4.32.